The quantitative estimate of drug-likeness (QED) is 0.499. The predicted octanol–water partition coefficient (Wildman–Crippen LogP) is 1.83. The Morgan fingerprint density at radius 1 is 1.27 bits per heavy atom. The van der Waals surface area contributed by atoms with E-state index in [1.54, 1.807) is 0 Å². The van der Waals surface area contributed by atoms with Crippen LogP contribution in [-0.4, -0.2) is 80.2 Å². The van der Waals surface area contributed by atoms with Crippen LogP contribution in [0.4, 0.5) is 13.2 Å². The van der Waals surface area contributed by atoms with Crippen molar-refractivity contribution in [2.45, 2.75) is 51.7 Å². The number of likely N-dealkylation sites (N-methyl/N-ethyl adjacent to an activating group) is 1. The minimum absolute atomic E-state index is 0.316. The number of carbonyl (C=O) groups is 1. The number of aliphatic imine (C=N–C) groups is 1. The van der Waals surface area contributed by atoms with E-state index in [4.69, 9.17) is 0 Å². The Hall–Kier alpha value is -1.51. The van der Waals surface area contributed by atoms with Gasteiger partial charge in [0, 0.05) is 32.7 Å². The summed E-state index contributed by atoms with van der Waals surface area (Å²) in [7, 11) is 1.13. The number of halogens is 3. The highest BCUT2D eigenvalue weighted by Gasteiger charge is 2.31. The second-order valence-electron chi connectivity index (χ2n) is 6.58. The minimum atomic E-state index is -4.40. The number of hydrogen-bond donors (Lipinski definition) is 2. The number of hydrogen-bond acceptors (Lipinski definition) is 3. The Morgan fingerprint density at radius 2 is 2.00 bits per heavy atom. The standard InChI is InChI=1S/C17H32F3N5O/c1-4-14-8-6-7-10-25(14)11-9-22-16(21-5-2)23-12-15(26)24(3)13-17(18,19)20/h14H,4-13H2,1-3H3,(H2,21,22,23). The van der Waals surface area contributed by atoms with E-state index in [-0.39, 0.29) is 6.54 Å². The first-order valence-corrected chi connectivity index (χ1v) is 9.33. The van der Waals surface area contributed by atoms with Crippen LogP contribution in [0.5, 0.6) is 0 Å². The van der Waals surface area contributed by atoms with Crippen molar-refractivity contribution in [1.29, 1.82) is 0 Å². The van der Waals surface area contributed by atoms with E-state index < -0.39 is 18.6 Å². The molecule has 0 aliphatic carbocycles. The van der Waals surface area contributed by atoms with Gasteiger partial charge in [-0.2, -0.15) is 13.2 Å². The third kappa shape index (κ3) is 8.73. The van der Waals surface area contributed by atoms with Crippen molar-refractivity contribution in [2.24, 2.45) is 4.99 Å². The molecule has 1 saturated heterocycles. The van der Waals surface area contributed by atoms with Crippen molar-refractivity contribution in [3.05, 3.63) is 0 Å². The molecule has 0 aromatic carbocycles. The average Bonchev–Trinajstić information content (AvgIpc) is 2.58. The first-order valence-electron chi connectivity index (χ1n) is 9.33. The van der Waals surface area contributed by atoms with E-state index >= 15 is 0 Å². The Labute approximate surface area is 154 Å². The van der Waals surface area contributed by atoms with Crippen LogP contribution in [0.2, 0.25) is 0 Å². The fraction of sp³-hybridized carbons (Fsp3) is 0.882. The normalized spacial score (nSPS) is 19.3. The molecule has 0 aromatic heterocycles. The molecule has 152 valence electrons. The molecule has 1 aliphatic rings. The molecular formula is C17H32F3N5O. The first-order chi connectivity index (χ1) is 12.3. The lowest BCUT2D eigenvalue weighted by Crippen LogP contribution is -2.46. The van der Waals surface area contributed by atoms with Gasteiger partial charge in [-0.3, -0.25) is 9.69 Å². The Balaban J connectivity index is 2.46. The van der Waals surface area contributed by atoms with Gasteiger partial charge in [0.1, 0.15) is 13.1 Å². The monoisotopic (exact) mass is 379 g/mol. The summed E-state index contributed by atoms with van der Waals surface area (Å²) < 4.78 is 37.0. The second kappa shape index (κ2) is 11.3. The van der Waals surface area contributed by atoms with Gasteiger partial charge in [-0.25, -0.2) is 4.99 Å². The van der Waals surface area contributed by atoms with Gasteiger partial charge in [-0.05, 0) is 32.7 Å². The topological polar surface area (TPSA) is 60.0 Å². The number of rotatable bonds is 8. The van der Waals surface area contributed by atoms with E-state index in [9.17, 15) is 18.0 Å². The maximum Gasteiger partial charge on any atom is 0.406 e. The molecule has 0 radical (unpaired) electrons. The molecule has 2 N–H and O–H groups in total. The summed E-state index contributed by atoms with van der Waals surface area (Å²) in [5, 5.41) is 6.17. The molecule has 26 heavy (non-hydrogen) atoms. The van der Waals surface area contributed by atoms with Crippen molar-refractivity contribution >= 4 is 11.9 Å². The van der Waals surface area contributed by atoms with Gasteiger partial charge in [0.15, 0.2) is 5.96 Å². The maximum atomic E-state index is 12.3. The zero-order chi connectivity index (χ0) is 19.6. The van der Waals surface area contributed by atoms with E-state index in [1.807, 2.05) is 6.92 Å². The number of piperidine rings is 1. The molecule has 0 spiro atoms. The van der Waals surface area contributed by atoms with Gasteiger partial charge in [-0.15, -0.1) is 0 Å². The van der Waals surface area contributed by atoms with E-state index in [1.165, 1.54) is 19.3 Å². The molecule has 6 nitrogen and oxygen atoms in total. The average molecular weight is 379 g/mol. The number of likely N-dealkylation sites (tertiary alicyclic amines) is 1. The third-order valence-corrected chi connectivity index (χ3v) is 4.47. The largest absolute Gasteiger partial charge is 0.406 e. The second-order valence-corrected chi connectivity index (χ2v) is 6.58. The van der Waals surface area contributed by atoms with Crippen molar-refractivity contribution in [3.63, 3.8) is 0 Å². The zero-order valence-corrected chi connectivity index (χ0v) is 16.0. The predicted molar refractivity (Wildman–Crippen MR) is 97.2 cm³/mol. The van der Waals surface area contributed by atoms with E-state index in [2.05, 4.69) is 27.4 Å². The summed E-state index contributed by atoms with van der Waals surface area (Å²) in [6.45, 7) is 5.77. The summed E-state index contributed by atoms with van der Waals surface area (Å²) in [5.41, 5.74) is 0. The van der Waals surface area contributed by atoms with E-state index in [0.717, 1.165) is 26.6 Å². The SMILES string of the molecule is CCNC(=NCC(=O)N(C)CC(F)(F)F)NCCN1CCCCC1CC. The van der Waals surface area contributed by atoms with Crippen LogP contribution < -0.4 is 10.6 Å². The third-order valence-electron chi connectivity index (χ3n) is 4.47. The van der Waals surface area contributed by atoms with Gasteiger partial charge in [0.05, 0.1) is 0 Å². The van der Waals surface area contributed by atoms with Crippen molar-refractivity contribution in [3.8, 4) is 0 Å². The summed E-state index contributed by atoms with van der Waals surface area (Å²) in [4.78, 5) is 19.0. The number of guanidine groups is 1. The lowest BCUT2D eigenvalue weighted by molar-refractivity contribution is -0.157. The highest BCUT2D eigenvalue weighted by Crippen LogP contribution is 2.18. The molecule has 1 aliphatic heterocycles. The number of nitrogens with one attached hydrogen (secondary N) is 2. The van der Waals surface area contributed by atoms with Gasteiger partial charge in [0.25, 0.3) is 0 Å². The van der Waals surface area contributed by atoms with Gasteiger partial charge in [0.2, 0.25) is 5.91 Å². The summed E-state index contributed by atoms with van der Waals surface area (Å²) >= 11 is 0. The number of alkyl halides is 3. The summed E-state index contributed by atoms with van der Waals surface area (Å²) in [5.74, 6) is -0.215. The van der Waals surface area contributed by atoms with Crippen LogP contribution in [0.1, 0.15) is 39.5 Å². The molecule has 0 bridgehead atoms. The van der Waals surface area contributed by atoms with Crippen LogP contribution in [-0.2, 0) is 4.79 Å². The molecule has 9 heteroatoms. The summed E-state index contributed by atoms with van der Waals surface area (Å²) in [6.07, 6.45) is 0.449. The van der Waals surface area contributed by atoms with Gasteiger partial charge < -0.3 is 15.5 Å². The highest BCUT2D eigenvalue weighted by molar-refractivity contribution is 5.84. The molecule has 1 rings (SSSR count). The van der Waals surface area contributed by atoms with Crippen LogP contribution in [0.25, 0.3) is 0 Å². The number of carbonyl (C=O) groups excluding carboxylic acids is 1. The van der Waals surface area contributed by atoms with Crippen LogP contribution in [0, 0.1) is 0 Å². The van der Waals surface area contributed by atoms with Crippen molar-refractivity contribution in [2.75, 3.05) is 46.3 Å². The molecule has 1 fully saturated rings. The lowest BCUT2D eigenvalue weighted by atomic mass is 10.0. The van der Waals surface area contributed by atoms with Crippen LogP contribution in [0.3, 0.4) is 0 Å². The fourth-order valence-electron chi connectivity index (χ4n) is 3.10. The molecule has 0 saturated carbocycles. The first kappa shape index (κ1) is 22.5. The number of amides is 1. The van der Waals surface area contributed by atoms with Crippen LogP contribution in [0.15, 0.2) is 4.99 Å². The van der Waals surface area contributed by atoms with Gasteiger partial charge >= 0.3 is 6.18 Å². The highest BCUT2D eigenvalue weighted by atomic mass is 19.4. The van der Waals surface area contributed by atoms with Crippen LogP contribution >= 0.6 is 0 Å². The Kier molecular flexibility index (Phi) is 9.75. The Morgan fingerprint density at radius 3 is 2.62 bits per heavy atom. The molecule has 1 atom stereocenters. The minimum Gasteiger partial charge on any atom is -0.357 e. The Bertz CT molecular complexity index is 456. The smallest absolute Gasteiger partial charge is 0.357 e. The van der Waals surface area contributed by atoms with Crippen molar-refractivity contribution in [1.82, 2.24) is 20.4 Å². The lowest BCUT2D eigenvalue weighted by Gasteiger charge is -2.35. The van der Waals surface area contributed by atoms with Gasteiger partial charge in [-0.1, -0.05) is 13.3 Å². The molecule has 1 amide bonds. The maximum absolute atomic E-state index is 12.3. The number of nitrogens with zero attached hydrogens (tertiary/aromatic N) is 3. The fourth-order valence-corrected chi connectivity index (χ4v) is 3.10. The molecule has 1 heterocycles. The molecule has 0 aromatic rings. The van der Waals surface area contributed by atoms with E-state index in [0.29, 0.717) is 30.0 Å². The van der Waals surface area contributed by atoms with Crippen molar-refractivity contribution < 1.29 is 18.0 Å². The molecular weight excluding hydrogens is 347 g/mol. The molecule has 1 unspecified atom stereocenters. The zero-order valence-electron chi connectivity index (χ0n) is 16.0. The summed E-state index contributed by atoms with van der Waals surface area (Å²) in [6, 6.07) is 0.614.